The summed E-state index contributed by atoms with van der Waals surface area (Å²) >= 11 is 0. The molecule has 2 aromatic carbocycles. The minimum atomic E-state index is -0.287. The zero-order chi connectivity index (χ0) is 11.7. The minimum Gasteiger partial charge on any atom is -0.532 e. The van der Waals surface area contributed by atoms with Crippen molar-refractivity contribution in [1.82, 2.24) is 0 Å². The number of fused-ring (bicyclic) bond motifs is 1. The van der Waals surface area contributed by atoms with Crippen LogP contribution in [-0.2, 0) is 11.3 Å². The molecule has 84 valence electrons. The maximum absolute atomic E-state index is 5.93. The van der Waals surface area contributed by atoms with Crippen LogP contribution in [0, 0.1) is 6.92 Å². The van der Waals surface area contributed by atoms with Crippen LogP contribution in [-0.4, -0.2) is 7.12 Å². The van der Waals surface area contributed by atoms with Gasteiger partial charge in [0, 0.05) is 5.56 Å². The van der Waals surface area contributed by atoms with Crippen molar-refractivity contribution >= 4 is 12.6 Å². The molecule has 2 nitrogen and oxygen atoms in total. The summed E-state index contributed by atoms with van der Waals surface area (Å²) in [5, 5.41) is 0. The topological polar surface area (TPSA) is 18.5 Å². The molecule has 3 heteroatoms. The van der Waals surface area contributed by atoms with E-state index in [2.05, 4.69) is 13.0 Å². The van der Waals surface area contributed by atoms with Gasteiger partial charge in [0.05, 0.1) is 6.61 Å². The number of benzene rings is 2. The van der Waals surface area contributed by atoms with Gasteiger partial charge in [-0.2, -0.15) is 0 Å². The van der Waals surface area contributed by atoms with Gasteiger partial charge in [-0.25, -0.2) is 0 Å². The lowest BCUT2D eigenvalue weighted by Crippen LogP contribution is -2.42. The van der Waals surface area contributed by atoms with Crippen molar-refractivity contribution in [2.75, 3.05) is 0 Å². The van der Waals surface area contributed by atoms with E-state index in [1.165, 1.54) is 0 Å². The second-order valence-corrected chi connectivity index (χ2v) is 4.23. The monoisotopic (exact) mass is 224 g/mol. The van der Waals surface area contributed by atoms with Crippen molar-refractivity contribution in [3.63, 3.8) is 0 Å². The van der Waals surface area contributed by atoms with E-state index < -0.39 is 0 Å². The van der Waals surface area contributed by atoms with Crippen molar-refractivity contribution in [2.45, 2.75) is 13.5 Å². The maximum Gasteiger partial charge on any atom is 0.563 e. The van der Waals surface area contributed by atoms with Gasteiger partial charge in [-0.1, -0.05) is 48.5 Å². The van der Waals surface area contributed by atoms with Crippen LogP contribution < -0.4 is 10.1 Å². The lowest BCUT2D eigenvalue weighted by molar-refractivity contribution is 0.237. The molecule has 0 aromatic heterocycles. The molecule has 0 fully saturated rings. The summed E-state index contributed by atoms with van der Waals surface area (Å²) in [5.41, 5.74) is 3.34. The molecule has 1 heterocycles. The zero-order valence-corrected chi connectivity index (χ0v) is 9.72. The van der Waals surface area contributed by atoms with Gasteiger partial charge in [0.2, 0.25) is 0 Å². The molecule has 0 bridgehead atoms. The average Bonchev–Trinajstić information content (AvgIpc) is 2.40. The lowest BCUT2D eigenvalue weighted by atomic mass is 9.77. The smallest absolute Gasteiger partial charge is 0.532 e. The summed E-state index contributed by atoms with van der Waals surface area (Å²) in [6.45, 7) is 2.67. The number of aryl methyl sites for hydroxylation is 1. The predicted molar refractivity (Wildman–Crippen MR) is 68.4 cm³/mol. The molecule has 0 atom stereocenters. The summed E-state index contributed by atoms with van der Waals surface area (Å²) in [7, 11) is -0.287. The highest BCUT2D eigenvalue weighted by molar-refractivity contribution is 6.62. The van der Waals surface area contributed by atoms with Crippen molar-refractivity contribution in [2.24, 2.45) is 0 Å². The Balaban J connectivity index is 1.93. The predicted octanol–water partition coefficient (Wildman–Crippen LogP) is 2.30. The van der Waals surface area contributed by atoms with Crippen molar-refractivity contribution < 1.29 is 9.31 Å². The fourth-order valence-electron chi connectivity index (χ4n) is 2.08. The third-order valence-corrected chi connectivity index (χ3v) is 2.98. The third kappa shape index (κ3) is 1.94. The molecule has 1 aliphatic heterocycles. The highest BCUT2D eigenvalue weighted by Gasteiger charge is 2.29. The summed E-state index contributed by atoms with van der Waals surface area (Å²) in [6.07, 6.45) is 0. The van der Waals surface area contributed by atoms with Crippen LogP contribution in [0.15, 0.2) is 48.5 Å². The molecule has 2 aromatic rings. The summed E-state index contributed by atoms with van der Waals surface area (Å²) in [5.74, 6) is 0.965. The second kappa shape index (κ2) is 4.26. The Morgan fingerprint density at radius 1 is 1.00 bits per heavy atom. The van der Waals surface area contributed by atoms with Crippen LogP contribution in [0.5, 0.6) is 5.75 Å². The van der Waals surface area contributed by atoms with E-state index >= 15 is 0 Å². The first-order valence-corrected chi connectivity index (χ1v) is 5.76. The van der Waals surface area contributed by atoms with Gasteiger partial charge in [0.25, 0.3) is 0 Å². The third-order valence-electron chi connectivity index (χ3n) is 2.98. The first-order valence-electron chi connectivity index (χ1n) is 5.76. The highest BCUT2D eigenvalue weighted by Crippen LogP contribution is 2.28. The molecule has 1 aliphatic rings. The van der Waals surface area contributed by atoms with Gasteiger partial charge in [0.15, 0.2) is 0 Å². The quantitative estimate of drug-likeness (QED) is 0.692. The van der Waals surface area contributed by atoms with E-state index in [1.807, 2.05) is 42.5 Å². The zero-order valence-electron chi connectivity index (χ0n) is 9.72. The first-order chi connectivity index (χ1) is 8.34. The molecule has 0 amide bonds. The van der Waals surface area contributed by atoms with Gasteiger partial charge in [0.1, 0.15) is 5.75 Å². The molecule has 0 unspecified atom stereocenters. The fourth-order valence-corrected chi connectivity index (χ4v) is 2.08. The highest BCUT2D eigenvalue weighted by atomic mass is 16.6. The lowest BCUT2D eigenvalue weighted by Gasteiger charge is -2.25. The Kier molecular flexibility index (Phi) is 2.61. The Hall–Kier alpha value is -1.74. The molecule has 17 heavy (non-hydrogen) atoms. The van der Waals surface area contributed by atoms with Gasteiger partial charge < -0.3 is 9.31 Å². The van der Waals surface area contributed by atoms with Crippen LogP contribution >= 0.6 is 0 Å². The number of rotatable bonds is 1. The molecule has 3 rings (SSSR count). The molecular weight excluding hydrogens is 211 g/mol. The molecule has 0 spiro atoms. The van der Waals surface area contributed by atoms with Crippen LogP contribution in [0.1, 0.15) is 11.1 Å². The Morgan fingerprint density at radius 2 is 1.82 bits per heavy atom. The van der Waals surface area contributed by atoms with E-state index in [9.17, 15) is 0 Å². The number of hydrogen-bond acceptors (Lipinski definition) is 2. The SMILES string of the molecule is Cc1cccc2c1OB(c1ccccc1)OC2. The Bertz CT molecular complexity index is 525. The second-order valence-electron chi connectivity index (χ2n) is 4.23. The molecule has 0 radical (unpaired) electrons. The van der Waals surface area contributed by atoms with E-state index in [0.717, 1.165) is 22.3 Å². The summed E-state index contributed by atoms with van der Waals surface area (Å²) in [6, 6.07) is 16.2. The van der Waals surface area contributed by atoms with E-state index in [4.69, 9.17) is 9.31 Å². The fraction of sp³-hybridized carbons (Fsp3) is 0.143. The average molecular weight is 224 g/mol. The molecule has 0 saturated heterocycles. The summed E-state index contributed by atoms with van der Waals surface area (Å²) < 4.78 is 11.6. The van der Waals surface area contributed by atoms with E-state index in [-0.39, 0.29) is 7.12 Å². The van der Waals surface area contributed by atoms with Crippen LogP contribution in [0.4, 0.5) is 0 Å². The first kappa shape index (κ1) is 10.4. The molecule has 0 N–H and O–H groups in total. The van der Waals surface area contributed by atoms with Gasteiger partial charge >= 0.3 is 7.12 Å². The Labute approximate surface area is 101 Å². The molecule has 0 saturated carbocycles. The maximum atomic E-state index is 5.93. The standard InChI is InChI=1S/C14H13BO2/c1-11-6-5-7-12-10-16-15(17-14(11)12)13-8-3-2-4-9-13/h2-9H,10H2,1H3. The molecule has 0 aliphatic carbocycles. The number of para-hydroxylation sites is 1. The van der Waals surface area contributed by atoms with Crippen molar-refractivity contribution in [1.29, 1.82) is 0 Å². The van der Waals surface area contributed by atoms with Crippen LogP contribution in [0.2, 0.25) is 0 Å². The van der Waals surface area contributed by atoms with Crippen LogP contribution in [0.3, 0.4) is 0 Å². The van der Waals surface area contributed by atoms with Crippen molar-refractivity contribution in [3.05, 3.63) is 59.7 Å². The molecular formula is C14H13BO2. The largest absolute Gasteiger partial charge is 0.563 e. The van der Waals surface area contributed by atoms with Gasteiger partial charge in [-0.05, 0) is 17.9 Å². The van der Waals surface area contributed by atoms with Crippen LogP contribution in [0.25, 0.3) is 0 Å². The van der Waals surface area contributed by atoms with Gasteiger partial charge in [-0.3, -0.25) is 0 Å². The normalized spacial score (nSPS) is 14.1. The van der Waals surface area contributed by atoms with E-state index in [0.29, 0.717) is 6.61 Å². The van der Waals surface area contributed by atoms with Gasteiger partial charge in [-0.15, -0.1) is 0 Å². The van der Waals surface area contributed by atoms with E-state index in [1.54, 1.807) is 0 Å². The summed E-state index contributed by atoms with van der Waals surface area (Å²) in [4.78, 5) is 0. The minimum absolute atomic E-state index is 0.287. The Morgan fingerprint density at radius 3 is 2.65 bits per heavy atom. The van der Waals surface area contributed by atoms with Crippen molar-refractivity contribution in [3.8, 4) is 5.75 Å². The number of hydrogen-bond donors (Lipinski definition) is 0.